The van der Waals surface area contributed by atoms with Crippen LogP contribution >= 0.6 is 11.6 Å². The van der Waals surface area contributed by atoms with E-state index in [2.05, 4.69) is 56.8 Å². The summed E-state index contributed by atoms with van der Waals surface area (Å²) in [6, 6.07) is 10.9. The van der Waals surface area contributed by atoms with Gasteiger partial charge in [0.05, 0.1) is 23.2 Å². The summed E-state index contributed by atoms with van der Waals surface area (Å²) in [7, 11) is -0.762. The summed E-state index contributed by atoms with van der Waals surface area (Å²) in [6.45, 7) is 13.5. The quantitative estimate of drug-likeness (QED) is 0.265. The molecule has 0 spiro atoms. The first-order valence-electron chi connectivity index (χ1n) is 11.2. The van der Waals surface area contributed by atoms with Crippen molar-refractivity contribution in [1.29, 1.82) is 0 Å². The van der Waals surface area contributed by atoms with E-state index in [4.69, 9.17) is 20.8 Å². The van der Waals surface area contributed by atoms with Gasteiger partial charge in [0.2, 0.25) is 0 Å². The number of halogens is 1. The van der Waals surface area contributed by atoms with Crippen LogP contribution in [0.1, 0.15) is 51.9 Å². The second-order valence-electron chi connectivity index (χ2n) is 9.14. The maximum atomic E-state index is 12.0. The Balaban J connectivity index is 1.94. The number of esters is 1. The summed E-state index contributed by atoms with van der Waals surface area (Å²) >= 11 is 6.68. The number of hydrogen-bond acceptors (Lipinski definition) is 6. The van der Waals surface area contributed by atoms with Crippen molar-refractivity contribution in [3.63, 3.8) is 0 Å². The largest absolute Gasteiger partial charge is 0.542 e. The van der Waals surface area contributed by atoms with Crippen LogP contribution in [0, 0.1) is 0 Å². The van der Waals surface area contributed by atoms with E-state index in [0.717, 1.165) is 5.69 Å². The molecule has 0 fully saturated rings. The van der Waals surface area contributed by atoms with Crippen molar-refractivity contribution in [3.05, 3.63) is 53.3 Å². The highest BCUT2D eigenvalue weighted by molar-refractivity contribution is 6.78. The van der Waals surface area contributed by atoms with Crippen molar-refractivity contribution < 1.29 is 14.0 Å². The number of carbonyl (C=O) groups is 1. The Labute approximate surface area is 201 Å². The zero-order valence-electron chi connectivity index (χ0n) is 20.3. The summed E-state index contributed by atoms with van der Waals surface area (Å²) in [5.74, 6) is 0.876. The summed E-state index contributed by atoms with van der Waals surface area (Å²) < 4.78 is 11.6. The third-order valence-electron chi connectivity index (χ3n) is 6.24. The molecule has 0 unspecified atom stereocenters. The number of rotatable bonds is 8. The van der Waals surface area contributed by atoms with E-state index < -0.39 is 14.3 Å². The minimum Gasteiger partial charge on any atom is -0.542 e. The van der Waals surface area contributed by atoms with Gasteiger partial charge in [-0.3, -0.25) is 0 Å². The molecule has 8 heteroatoms. The predicted molar refractivity (Wildman–Crippen MR) is 137 cm³/mol. The number of hydrogen-bond donors (Lipinski definition) is 1. The Bertz CT molecular complexity index is 1130. The van der Waals surface area contributed by atoms with E-state index in [0.29, 0.717) is 49.7 Å². The molecular weight excluding hydrogens is 454 g/mol. The summed E-state index contributed by atoms with van der Waals surface area (Å²) in [6.07, 6.45) is 1.48. The lowest BCUT2D eigenvalue weighted by Gasteiger charge is -2.42. The summed E-state index contributed by atoms with van der Waals surface area (Å²) in [5, 5.41) is 4.56. The van der Waals surface area contributed by atoms with Crippen molar-refractivity contribution in [2.24, 2.45) is 0 Å². The van der Waals surface area contributed by atoms with Crippen LogP contribution in [0.5, 0.6) is 5.75 Å². The molecule has 0 saturated carbocycles. The van der Waals surface area contributed by atoms with Crippen molar-refractivity contribution >= 4 is 48.3 Å². The fraction of sp³-hybridized carbons (Fsp3) is 0.400. The molecule has 176 valence electrons. The third-order valence-corrected chi connectivity index (χ3v) is 12.5. The van der Waals surface area contributed by atoms with E-state index in [1.54, 1.807) is 18.2 Å². The van der Waals surface area contributed by atoms with Crippen LogP contribution in [0.3, 0.4) is 0 Å². The maximum absolute atomic E-state index is 12.0. The van der Waals surface area contributed by atoms with Gasteiger partial charge in [0.1, 0.15) is 17.9 Å². The van der Waals surface area contributed by atoms with E-state index in [1.165, 1.54) is 13.4 Å². The molecule has 1 heterocycles. The first kappa shape index (κ1) is 25.0. The molecule has 0 saturated heterocycles. The Morgan fingerprint density at radius 3 is 2.21 bits per heavy atom. The number of nitrogens with zero attached hydrogens (tertiary/aromatic N) is 2. The summed E-state index contributed by atoms with van der Waals surface area (Å²) in [4.78, 5) is 20.6. The van der Waals surface area contributed by atoms with Gasteiger partial charge in [-0.2, -0.15) is 0 Å². The lowest BCUT2D eigenvalue weighted by molar-refractivity contribution is 0.0601. The Kier molecular flexibility index (Phi) is 7.64. The SMILES string of the molecule is COC(=O)c1ccc2ncnc(Nc3ccc(O[Si](C(C)C)(C(C)C)C(C)C)c(Cl)c3)c2c1. The van der Waals surface area contributed by atoms with E-state index >= 15 is 0 Å². The number of methoxy groups -OCH3 is 1. The first-order chi connectivity index (χ1) is 15.6. The molecule has 2 aromatic carbocycles. The topological polar surface area (TPSA) is 73.3 Å². The van der Waals surface area contributed by atoms with Gasteiger partial charge in [0.15, 0.2) is 0 Å². The lowest BCUT2D eigenvalue weighted by atomic mass is 10.1. The predicted octanol–water partition coefficient (Wildman–Crippen LogP) is 7.37. The Morgan fingerprint density at radius 1 is 0.970 bits per heavy atom. The van der Waals surface area contributed by atoms with E-state index in [9.17, 15) is 4.79 Å². The van der Waals surface area contributed by atoms with E-state index in [1.807, 2.05) is 18.2 Å². The van der Waals surface area contributed by atoms with Crippen molar-refractivity contribution in [2.45, 2.75) is 58.2 Å². The number of aromatic nitrogens is 2. The van der Waals surface area contributed by atoms with Gasteiger partial charge in [0, 0.05) is 11.1 Å². The van der Waals surface area contributed by atoms with Gasteiger partial charge in [-0.25, -0.2) is 14.8 Å². The fourth-order valence-corrected chi connectivity index (χ4v) is 10.3. The molecule has 3 rings (SSSR count). The van der Waals surface area contributed by atoms with E-state index in [-0.39, 0.29) is 0 Å². The highest BCUT2D eigenvalue weighted by Gasteiger charge is 2.47. The van der Waals surface area contributed by atoms with Crippen LogP contribution in [-0.4, -0.2) is 31.4 Å². The molecule has 0 aliphatic rings. The zero-order valence-corrected chi connectivity index (χ0v) is 22.0. The van der Waals surface area contributed by atoms with Gasteiger partial charge in [-0.1, -0.05) is 53.1 Å². The number of benzene rings is 2. The van der Waals surface area contributed by atoms with Crippen LogP contribution in [0.25, 0.3) is 10.9 Å². The number of fused-ring (bicyclic) bond motifs is 1. The molecule has 33 heavy (non-hydrogen) atoms. The van der Waals surface area contributed by atoms with Gasteiger partial charge < -0.3 is 14.5 Å². The molecule has 1 aromatic heterocycles. The Hall–Kier alpha value is -2.64. The number of ether oxygens (including phenoxy) is 1. The molecular formula is C25H32ClN3O3Si. The molecule has 1 N–H and O–H groups in total. The monoisotopic (exact) mass is 485 g/mol. The highest BCUT2D eigenvalue weighted by atomic mass is 35.5. The average molecular weight is 486 g/mol. The molecule has 0 aliphatic carbocycles. The Morgan fingerprint density at radius 2 is 1.64 bits per heavy atom. The standard InChI is InChI=1S/C25H32ClN3O3Si/c1-15(2)33(16(3)4,17(5)6)32-23-11-9-19(13-21(23)26)29-24-20-12-18(25(30)31-7)8-10-22(20)27-14-28-24/h8-17H,1-7H3,(H,27,28,29). The van der Waals surface area contributed by atoms with Crippen molar-refractivity contribution in [3.8, 4) is 5.75 Å². The molecule has 6 nitrogen and oxygen atoms in total. The third kappa shape index (κ3) is 4.99. The maximum Gasteiger partial charge on any atom is 0.337 e. The second kappa shape index (κ2) is 10.1. The summed E-state index contributed by atoms with van der Waals surface area (Å²) in [5.41, 5.74) is 3.25. The number of nitrogens with one attached hydrogen (secondary N) is 1. The van der Waals surface area contributed by atoms with Crippen LogP contribution in [0.15, 0.2) is 42.7 Å². The molecule has 0 radical (unpaired) electrons. The van der Waals surface area contributed by atoms with Crippen LogP contribution in [0.4, 0.5) is 11.5 Å². The minimum atomic E-state index is -2.12. The minimum absolute atomic E-state index is 0.413. The van der Waals surface area contributed by atoms with Crippen LogP contribution in [0.2, 0.25) is 21.6 Å². The molecule has 0 aliphatic heterocycles. The smallest absolute Gasteiger partial charge is 0.337 e. The number of carbonyl (C=O) groups excluding carboxylic acids is 1. The van der Waals surface area contributed by atoms with Gasteiger partial charge in [-0.15, -0.1) is 0 Å². The first-order valence-corrected chi connectivity index (χ1v) is 13.7. The van der Waals surface area contributed by atoms with Crippen molar-refractivity contribution in [2.75, 3.05) is 12.4 Å². The molecule has 0 bridgehead atoms. The van der Waals surface area contributed by atoms with Crippen LogP contribution in [-0.2, 0) is 4.74 Å². The van der Waals surface area contributed by atoms with Gasteiger partial charge in [-0.05, 0) is 53.0 Å². The molecule has 3 aromatic rings. The second-order valence-corrected chi connectivity index (χ2v) is 14.9. The zero-order chi connectivity index (χ0) is 24.3. The fourth-order valence-electron chi connectivity index (χ4n) is 4.74. The average Bonchev–Trinajstić information content (AvgIpc) is 2.77. The van der Waals surface area contributed by atoms with Crippen LogP contribution < -0.4 is 9.74 Å². The molecule has 0 amide bonds. The van der Waals surface area contributed by atoms with Crippen molar-refractivity contribution in [1.82, 2.24) is 9.97 Å². The van der Waals surface area contributed by atoms with Gasteiger partial charge in [0.25, 0.3) is 8.32 Å². The normalized spacial score (nSPS) is 12.0. The lowest BCUT2D eigenvalue weighted by Crippen LogP contribution is -2.50. The number of anilines is 2. The van der Waals surface area contributed by atoms with Gasteiger partial charge >= 0.3 is 5.97 Å². The molecule has 0 atom stereocenters. The highest BCUT2D eigenvalue weighted by Crippen LogP contribution is 2.44.